The predicted octanol–water partition coefficient (Wildman–Crippen LogP) is 4.31. The lowest BCUT2D eigenvalue weighted by atomic mass is 10.00. The van der Waals surface area contributed by atoms with Crippen LogP contribution >= 0.6 is 0 Å². The SMILES string of the molecule is CC(C)CCC(C)NCc1ccc2c(c1)CC(C)(C)O2. The van der Waals surface area contributed by atoms with Crippen molar-refractivity contribution in [3.05, 3.63) is 29.3 Å². The van der Waals surface area contributed by atoms with Gasteiger partial charge in [0.05, 0.1) is 0 Å². The zero-order chi connectivity index (χ0) is 14.8. The minimum atomic E-state index is -0.0427. The Morgan fingerprint density at radius 3 is 2.65 bits per heavy atom. The number of benzene rings is 1. The van der Waals surface area contributed by atoms with E-state index in [1.54, 1.807) is 0 Å². The van der Waals surface area contributed by atoms with Crippen LogP contribution in [-0.2, 0) is 13.0 Å². The molecule has 0 aliphatic carbocycles. The lowest BCUT2D eigenvalue weighted by Crippen LogP contribution is -2.25. The first-order valence-corrected chi connectivity index (χ1v) is 7.90. The summed E-state index contributed by atoms with van der Waals surface area (Å²) in [5, 5.41) is 3.63. The van der Waals surface area contributed by atoms with Crippen molar-refractivity contribution >= 4 is 0 Å². The van der Waals surface area contributed by atoms with E-state index >= 15 is 0 Å². The first-order valence-electron chi connectivity index (χ1n) is 7.90. The summed E-state index contributed by atoms with van der Waals surface area (Å²) in [4.78, 5) is 0. The molecule has 112 valence electrons. The number of nitrogens with one attached hydrogen (secondary N) is 1. The Balaban J connectivity index is 1.86. The highest BCUT2D eigenvalue weighted by Gasteiger charge is 2.29. The zero-order valence-corrected chi connectivity index (χ0v) is 13.6. The van der Waals surface area contributed by atoms with Crippen molar-refractivity contribution in [2.75, 3.05) is 0 Å². The number of fused-ring (bicyclic) bond motifs is 1. The number of ether oxygens (including phenoxy) is 1. The first-order chi connectivity index (χ1) is 9.35. The van der Waals surface area contributed by atoms with Crippen molar-refractivity contribution in [1.29, 1.82) is 0 Å². The molecule has 2 rings (SSSR count). The normalized spacial score (nSPS) is 17.9. The van der Waals surface area contributed by atoms with Crippen LogP contribution < -0.4 is 10.1 Å². The van der Waals surface area contributed by atoms with Gasteiger partial charge in [0, 0.05) is 19.0 Å². The maximum atomic E-state index is 5.92. The molecule has 1 aromatic carbocycles. The average molecular weight is 275 g/mol. The van der Waals surface area contributed by atoms with E-state index in [0.717, 1.165) is 24.6 Å². The van der Waals surface area contributed by atoms with E-state index in [1.807, 2.05) is 0 Å². The highest BCUT2D eigenvalue weighted by Crippen LogP contribution is 2.35. The zero-order valence-electron chi connectivity index (χ0n) is 13.6. The van der Waals surface area contributed by atoms with Crippen LogP contribution in [0.2, 0.25) is 0 Å². The molecule has 0 radical (unpaired) electrons. The molecule has 1 N–H and O–H groups in total. The monoisotopic (exact) mass is 275 g/mol. The molecule has 0 saturated heterocycles. The third kappa shape index (κ3) is 4.24. The molecule has 1 atom stereocenters. The van der Waals surface area contributed by atoms with Crippen molar-refractivity contribution in [3.63, 3.8) is 0 Å². The summed E-state index contributed by atoms with van der Waals surface area (Å²) in [6.45, 7) is 12.1. The second-order valence-electron chi connectivity index (χ2n) is 7.23. The second-order valence-corrected chi connectivity index (χ2v) is 7.23. The van der Waals surface area contributed by atoms with Crippen LogP contribution in [0.5, 0.6) is 5.75 Å². The maximum Gasteiger partial charge on any atom is 0.123 e. The van der Waals surface area contributed by atoms with Crippen LogP contribution in [0, 0.1) is 5.92 Å². The van der Waals surface area contributed by atoms with Crippen molar-refractivity contribution in [2.24, 2.45) is 5.92 Å². The smallest absolute Gasteiger partial charge is 0.123 e. The molecule has 1 heterocycles. The quantitative estimate of drug-likeness (QED) is 0.835. The molecule has 2 heteroatoms. The van der Waals surface area contributed by atoms with Crippen molar-refractivity contribution in [2.45, 2.75) is 72.1 Å². The average Bonchev–Trinajstić information content (AvgIpc) is 2.66. The molecule has 2 nitrogen and oxygen atoms in total. The van der Waals surface area contributed by atoms with E-state index in [-0.39, 0.29) is 5.60 Å². The molecule has 1 aliphatic heterocycles. The lowest BCUT2D eigenvalue weighted by molar-refractivity contribution is 0.138. The summed E-state index contributed by atoms with van der Waals surface area (Å²) in [5.74, 6) is 1.85. The van der Waals surface area contributed by atoms with E-state index in [4.69, 9.17) is 4.74 Å². The Morgan fingerprint density at radius 1 is 1.20 bits per heavy atom. The van der Waals surface area contributed by atoms with Gasteiger partial charge in [0.25, 0.3) is 0 Å². The molecule has 0 spiro atoms. The molecule has 0 fully saturated rings. The molecule has 0 bridgehead atoms. The van der Waals surface area contributed by atoms with Gasteiger partial charge < -0.3 is 10.1 Å². The Morgan fingerprint density at radius 2 is 1.95 bits per heavy atom. The summed E-state index contributed by atoms with van der Waals surface area (Å²) in [5.41, 5.74) is 2.67. The van der Waals surface area contributed by atoms with Gasteiger partial charge >= 0.3 is 0 Å². The Kier molecular flexibility index (Phi) is 4.74. The van der Waals surface area contributed by atoms with Gasteiger partial charge in [0.2, 0.25) is 0 Å². The molecule has 0 saturated carbocycles. The fraction of sp³-hybridized carbons (Fsp3) is 0.667. The Hall–Kier alpha value is -1.02. The van der Waals surface area contributed by atoms with Crippen molar-refractivity contribution in [3.8, 4) is 5.75 Å². The minimum absolute atomic E-state index is 0.0427. The summed E-state index contributed by atoms with van der Waals surface area (Å²) in [7, 11) is 0. The van der Waals surface area contributed by atoms with Crippen LogP contribution in [0.3, 0.4) is 0 Å². The van der Waals surface area contributed by atoms with Gasteiger partial charge in [-0.2, -0.15) is 0 Å². The summed E-state index contributed by atoms with van der Waals surface area (Å²) < 4.78 is 5.92. The molecule has 0 aromatic heterocycles. The summed E-state index contributed by atoms with van der Waals surface area (Å²) in [6.07, 6.45) is 3.55. The molecule has 1 unspecified atom stereocenters. The van der Waals surface area contributed by atoms with Crippen molar-refractivity contribution < 1.29 is 4.74 Å². The summed E-state index contributed by atoms with van der Waals surface area (Å²) >= 11 is 0. The number of rotatable bonds is 6. The van der Waals surface area contributed by atoms with E-state index in [2.05, 4.69) is 58.1 Å². The highest BCUT2D eigenvalue weighted by atomic mass is 16.5. The van der Waals surface area contributed by atoms with Gasteiger partial charge in [-0.3, -0.25) is 0 Å². The van der Waals surface area contributed by atoms with Crippen molar-refractivity contribution in [1.82, 2.24) is 5.32 Å². The molecule has 1 aromatic rings. The molecular weight excluding hydrogens is 246 g/mol. The van der Waals surface area contributed by atoms with E-state index in [1.165, 1.54) is 24.0 Å². The lowest BCUT2D eigenvalue weighted by Gasteiger charge is -2.16. The van der Waals surface area contributed by atoms with Crippen LogP contribution in [0.1, 0.15) is 58.6 Å². The largest absolute Gasteiger partial charge is 0.487 e. The minimum Gasteiger partial charge on any atom is -0.487 e. The van der Waals surface area contributed by atoms with Crippen LogP contribution in [0.25, 0.3) is 0 Å². The third-order valence-corrected chi connectivity index (χ3v) is 3.96. The maximum absolute atomic E-state index is 5.92. The standard InChI is InChI=1S/C18H29NO/c1-13(2)6-7-14(3)19-12-15-8-9-17-16(10-15)11-18(4,5)20-17/h8-10,13-14,19H,6-7,11-12H2,1-5H3. The fourth-order valence-electron chi connectivity index (χ4n) is 2.75. The molecule has 0 amide bonds. The third-order valence-electron chi connectivity index (χ3n) is 3.96. The first kappa shape index (κ1) is 15.4. The topological polar surface area (TPSA) is 21.3 Å². The fourth-order valence-corrected chi connectivity index (χ4v) is 2.75. The van der Waals surface area contributed by atoms with Gasteiger partial charge in [-0.15, -0.1) is 0 Å². The Bertz CT molecular complexity index is 451. The number of hydrogen-bond donors (Lipinski definition) is 1. The molecular formula is C18H29NO. The van der Waals surface area contributed by atoms with E-state index in [9.17, 15) is 0 Å². The highest BCUT2D eigenvalue weighted by molar-refractivity contribution is 5.41. The van der Waals surface area contributed by atoms with Gasteiger partial charge in [0.15, 0.2) is 0 Å². The van der Waals surface area contributed by atoms with E-state index < -0.39 is 0 Å². The Labute approximate surface area is 123 Å². The summed E-state index contributed by atoms with van der Waals surface area (Å²) in [6, 6.07) is 7.19. The van der Waals surface area contributed by atoms with Gasteiger partial charge in [-0.1, -0.05) is 26.0 Å². The van der Waals surface area contributed by atoms with E-state index in [0.29, 0.717) is 6.04 Å². The van der Waals surface area contributed by atoms with Gasteiger partial charge in [0.1, 0.15) is 11.4 Å². The van der Waals surface area contributed by atoms with Crippen LogP contribution in [0.15, 0.2) is 18.2 Å². The predicted molar refractivity (Wildman–Crippen MR) is 85.2 cm³/mol. The van der Waals surface area contributed by atoms with Crippen LogP contribution in [0.4, 0.5) is 0 Å². The molecule has 20 heavy (non-hydrogen) atoms. The molecule has 1 aliphatic rings. The number of hydrogen-bond acceptors (Lipinski definition) is 2. The van der Waals surface area contributed by atoms with Gasteiger partial charge in [-0.05, 0) is 56.7 Å². The van der Waals surface area contributed by atoms with Gasteiger partial charge in [-0.25, -0.2) is 0 Å². The van der Waals surface area contributed by atoms with Crippen LogP contribution in [-0.4, -0.2) is 11.6 Å². The second kappa shape index (κ2) is 6.17.